The number of hydrogen-bond acceptors (Lipinski definition) is 5. The van der Waals surface area contributed by atoms with Crippen LogP contribution in [0.25, 0.3) is 0 Å². The molecule has 5 heteroatoms. The number of nitrogens with zero attached hydrogens (tertiary/aromatic N) is 1. The van der Waals surface area contributed by atoms with Gasteiger partial charge in [-0.25, -0.2) is 0 Å². The number of hydrogen-bond donors (Lipinski definition) is 0. The van der Waals surface area contributed by atoms with Gasteiger partial charge in [0.2, 0.25) is 5.79 Å². The molecule has 5 rings (SSSR count). The van der Waals surface area contributed by atoms with Gasteiger partial charge in [0.15, 0.2) is 5.78 Å². The van der Waals surface area contributed by atoms with Crippen LogP contribution in [-0.2, 0) is 15.3 Å². The Balaban J connectivity index is 1.51. The van der Waals surface area contributed by atoms with E-state index >= 15 is 0 Å². The Kier molecular flexibility index (Phi) is 4.37. The fraction of sp³-hybridized carbons (Fsp3) is 0.435. The Morgan fingerprint density at radius 3 is 2.68 bits per heavy atom. The van der Waals surface area contributed by atoms with Crippen molar-refractivity contribution in [2.75, 3.05) is 38.3 Å². The number of anilines is 1. The number of carbonyl (C=O) groups is 1. The van der Waals surface area contributed by atoms with Crippen LogP contribution in [0.3, 0.4) is 0 Å². The molecule has 2 aliphatic heterocycles. The molecule has 2 heterocycles. The van der Waals surface area contributed by atoms with E-state index < -0.39 is 5.79 Å². The first kappa shape index (κ1) is 17.7. The maximum Gasteiger partial charge on any atom is 0.215 e. The van der Waals surface area contributed by atoms with Gasteiger partial charge in [0.1, 0.15) is 5.75 Å². The lowest BCUT2D eigenvalue weighted by Gasteiger charge is -2.34. The van der Waals surface area contributed by atoms with Crippen molar-refractivity contribution in [3.05, 3.63) is 59.2 Å². The second kappa shape index (κ2) is 6.90. The molecule has 0 aromatic heterocycles. The molecular formula is C23H25NO4. The normalized spacial score (nSPS) is 20.2. The summed E-state index contributed by atoms with van der Waals surface area (Å²) in [6, 6.07) is 13.2. The van der Waals surface area contributed by atoms with E-state index in [4.69, 9.17) is 14.2 Å². The molecule has 2 fully saturated rings. The highest BCUT2D eigenvalue weighted by Crippen LogP contribution is 2.46. The summed E-state index contributed by atoms with van der Waals surface area (Å²) in [7, 11) is 1.61. The van der Waals surface area contributed by atoms with Crippen molar-refractivity contribution in [3.63, 3.8) is 0 Å². The van der Waals surface area contributed by atoms with E-state index in [1.807, 2.05) is 30.3 Å². The van der Waals surface area contributed by atoms with Crippen LogP contribution in [0, 0.1) is 5.92 Å². The molecule has 1 aliphatic carbocycles. The maximum atomic E-state index is 13.1. The van der Waals surface area contributed by atoms with Crippen LogP contribution in [0.4, 0.5) is 5.69 Å². The van der Waals surface area contributed by atoms with Gasteiger partial charge in [-0.1, -0.05) is 12.1 Å². The van der Waals surface area contributed by atoms with Gasteiger partial charge in [0.25, 0.3) is 0 Å². The average molecular weight is 379 g/mol. The van der Waals surface area contributed by atoms with E-state index in [0.717, 1.165) is 30.1 Å². The molecule has 0 atom stereocenters. The summed E-state index contributed by atoms with van der Waals surface area (Å²) in [5.41, 5.74) is 3.39. The fourth-order valence-electron chi connectivity index (χ4n) is 4.21. The van der Waals surface area contributed by atoms with Gasteiger partial charge in [-0.2, -0.15) is 0 Å². The third-order valence-electron chi connectivity index (χ3n) is 5.88. The largest absolute Gasteiger partial charge is 0.497 e. The van der Waals surface area contributed by atoms with Crippen LogP contribution < -0.4 is 9.64 Å². The van der Waals surface area contributed by atoms with E-state index in [2.05, 4.69) is 11.0 Å². The van der Waals surface area contributed by atoms with Crippen LogP contribution in [0.1, 0.15) is 40.7 Å². The Morgan fingerprint density at radius 2 is 1.93 bits per heavy atom. The second-order valence-corrected chi connectivity index (χ2v) is 7.92. The molecule has 2 aromatic rings. The fourth-order valence-corrected chi connectivity index (χ4v) is 4.21. The lowest BCUT2D eigenvalue weighted by molar-refractivity contribution is -0.265. The molecule has 0 N–H and O–H groups in total. The van der Waals surface area contributed by atoms with Crippen molar-refractivity contribution >= 4 is 11.5 Å². The molecule has 146 valence electrons. The summed E-state index contributed by atoms with van der Waals surface area (Å²) in [6.07, 6.45) is 3.50. The van der Waals surface area contributed by atoms with Gasteiger partial charge in [-0.3, -0.25) is 4.79 Å². The minimum atomic E-state index is -0.743. The van der Waals surface area contributed by atoms with Crippen LogP contribution in [-0.4, -0.2) is 39.2 Å². The first-order valence-corrected chi connectivity index (χ1v) is 10.0. The number of fused-ring (bicyclic) bond motifs is 2. The first-order valence-electron chi connectivity index (χ1n) is 10.0. The lowest BCUT2D eigenvalue weighted by atomic mass is 9.98. The third-order valence-corrected chi connectivity index (χ3v) is 5.88. The SMILES string of the molecule is COc1cccc(C(=O)c2ccc3c(c2)C2(CN3CC3CC3)OCCCO2)c1. The van der Waals surface area contributed by atoms with Crippen LogP contribution in [0.2, 0.25) is 0 Å². The molecule has 28 heavy (non-hydrogen) atoms. The summed E-state index contributed by atoms with van der Waals surface area (Å²) >= 11 is 0. The highest BCUT2D eigenvalue weighted by atomic mass is 16.7. The summed E-state index contributed by atoms with van der Waals surface area (Å²) in [5, 5.41) is 0. The predicted octanol–water partition coefficient (Wildman–Crippen LogP) is 3.75. The number of rotatable bonds is 5. The summed E-state index contributed by atoms with van der Waals surface area (Å²) in [5.74, 6) is 0.684. The van der Waals surface area contributed by atoms with Crippen LogP contribution in [0.15, 0.2) is 42.5 Å². The number of ketones is 1. The van der Waals surface area contributed by atoms with Crippen LogP contribution >= 0.6 is 0 Å². The molecule has 2 aromatic carbocycles. The third kappa shape index (κ3) is 3.09. The molecule has 3 aliphatic rings. The van der Waals surface area contributed by atoms with Crippen molar-refractivity contribution in [1.29, 1.82) is 0 Å². The molecule has 5 nitrogen and oxygen atoms in total. The summed E-state index contributed by atoms with van der Waals surface area (Å²) < 4.78 is 17.6. The Labute approximate surface area is 165 Å². The number of ether oxygens (including phenoxy) is 3. The van der Waals surface area contributed by atoms with Gasteiger partial charge in [0, 0.05) is 28.9 Å². The summed E-state index contributed by atoms with van der Waals surface area (Å²) in [6.45, 7) is 3.11. The van der Waals surface area contributed by atoms with Crippen molar-refractivity contribution in [1.82, 2.24) is 0 Å². The zero-order valence-electron chi connectivity index (χ0n) is 16.1. The number of benzene rings is 2. The van der Waals surface area contributed by atoms with Gasteiger partial charge < -0.3 is 19.1 Å². The van der Waals surface area contributed by atoms with Crippen molar-refractivity contribution in [3.8, 4) is 5.75 Å². The zero-order chi connectivity index (χ0) is 19.1. The van der Waals surface area contributed by atoms with Gasteiger partial charge >= 0.3 is 0 Å². The molecular weight excluding hydrogens is 354 g/mol. The number of carbonyl (C=O) groups excluding carboxylic acids is 1. The molecule has 1 spiro atoms. The monoisotopic (exact) mass is 379 g/mol. The summed E-state index contributed by atoms with van der Waals surface area (Å²) in [4.78, 5) is 15.5. The smallest absolute Gasteiger partial charge is 0.215 e. The van der Waals surface area contributed by atoms with E-state index in [1.54, 1.807) is 13.2 Å². The standard InChI is InChI=1S/C23H25NO4/c1-26-19-5-2-4-17(12-19)22(25)18-8-9-21-20(13-18)23(27-10-3-11-28-23)15-24(21)14-16-6-7-16/h2,4-5,8-9,12-13,16H,3,6-7,10-11,14-15H2,1H3. The maximum absolute atomic E-state index is 13.1. The molecule has 0 unspecified atom stereocenters. The molecule has 0 amide bonds. The Bertz CT molecular complexity index is 899. The van der Waals surface area contributed by atoms with Gasteiger partial charge in [-0.15, -0.1) is 0 Å². The first-order chi connectivity index (χ1) is 13.7. The highest BCUT2D eigenvalue weighted by molar-refractivity contribution is 6.09. The second-order valence-electron chi connectivity index (χ2n) is 7.92. The predicted molar refractivity (Wildman–Crippen MR) is 106 cm³/mol. The Hall–Kier alpha value is -2.37. The van der Waals surface area contributed by atoms with Crippen molar-refractivity contribution in [2.45, 2.75) is 25.0 Å². The van der Waals surface area contributed by atoms with Crippen molar-refractivity contribution < 1.29 is 19.0 Å². The average Bonchev–Trinajstić information content (AvgIpc) is 3.52. The Morgan fingerprint density at radius 1 is 1.14 bits per heavy atom. The minimum absolute atomic E-state index is 0.0201. The van der Waals surface area contributed by atoms with Crippen molar-refractivity contribution in [2.24, 2.45) is 5.92 Å². The van der Waals surface area contributed by atoms with Crippen LogP contribution in [0.5, 0.6) is 5.75 Å². The molecule has 1 saturated heterocycles. The quantitative estimate of drug-likeness (QED) is 0.741. The molecule has 0 radical (unpaired) electrons. The number of methoxy groups -OCH3 is 1. The zero-order valence-corrected chi connectivity index (χ0v) is 16.1. The topological polar surface area (TPSA) is 48.0 Å². The molecule has 0 bridgehead atoms. The van der Waals surface area contributed by atoms with Gasteiger partial charge in [0.05, 0.1) is 26.9 Å². The van der Waals surface area contributed by atoms with E-state index in [1.165, 1.54) is 12.8 Å². The van der Waals surface area contributed by atoms with E-state index in [9.17, 15) is 4.79 Å². The van der Waals surface area contributed by atoms with E-state index in [0.29, 0.717) is 36.6 Å². The highest BCUT2D eigenvalue weighted by Gasteiger charge is 2.47. The molecule has 1 saturated carbocycles. The van der Waals surface area contributed by atoms with E-state index in [-0.39, 0.29) is 5.78 Å². The van der Waals surface area contributed by atoms with Gasteiger partial charge in [-0.05, 0) is 55.5 Å². The lowest BCUT2D eigenvalue weighted by Crippen LogP contribution is -2.42. The minimum Gasteiger partial charge on any atom is -0.497 e.